The fourth-order valence-corrected chi connectivity index (χ4v) is 3.43. The molecule has 1 aliphatic rings. The van der Waals surface area contributed by atoms with Crippen LogP contribution in [-0.2, 0) is 17.8 Å². The van der Waals surface area contributed by atoms with E-state index in [4.69, 9.17) is 4.74 Å². The average Bonchev–Trinajstić information content (AvgIpc) is 2.81. The lowest BCUT2D eigenvalue weighted by molar-refractivity contribution is 0.0827. The third-order valence-electron chi connectivity index (χ3n) is 5.19. The number of nitrogens with one attached hydrogen (secondary N) is 2. The van der Waals surface area contributed by atoms with Gasteiger partial charge in [-0.15, -0.1) is 24.0 Å². The van der Waals surface area contributed by atoms with Crippen LogP contribution in [0.5, 0.6) is 0 Å². The van der Waals surface area contributed by atoms with E-state index in [1.165, 1.54) is 0 Å². The molecule has 0 bridgehead atoms. The molecule has 33 heavy (non-hydrogen) atoms. The second-order valence-corrected chi connectivity index (χ2v) is 7.83. The molecule has 0 aromatic heterocycles. The highest BCUT2D eigenvalue weighted by Gasteiger charge is 2.15. The molecule has 9 heteroatoms. The van der Waals surface area contributed by atoms with Crippen LogP contribution in [0.3, 0.4) is 0 Å². The maximum absolute atomic E-state index is 14.6. The molecular formula is C24H33FIN5O2. The summed E-state index contributed by atoms with van der Waals surface area (Å²) in [5.41, 5.74) is 3.11. The molecule has 3 rings (SSSR count). The van der Waals surface area contributed by atoms with Crippen molar-refractivity contribution in [3.8, 4) is 0 Å². The third kappa shape index (κ3) is 7.85. The van der Waals surface area contributed by atoms with Crippen LogP contribution in [-0.4, -0.2) is 63.7 Å². The number of anilines is 1. The number of morpholine rings is 1. The second kappa shape index (κ2) is 13.3. The Labute approximate surface area is 212 Å². The highest BCUT2D eigenvalue weighted by Crippen LogP contribution is 2.22. The number of hydrogen-bond acceptors (Lipinski definition) is 4. The highest BCUT2D eigenvalue weighted by atomic mass is 127. The van der Waals surface area contributed by atoms with Gasteiger partial charge in [0.15, 0.2) is 5.96 Å². The van der Waals surface area contributed by atoms with Crippen molar-refractivity contribution in [3.05, 3.63) is 65.0 Å². The largest absolute Gasteiger partial charge is 0.378 e. The number of guanidine groups is 1. The van der Waals surface area contributed by atoms with Gasteiger partial charge in [0, 0.05) is 45.8 Å². The van der Waals surface area contributed by atoms with Gasteiger partial charge in [-0.2, -0.15) is 0 Å². The molecule has 0 radical (unpaired) electrons. The summed E-state index contributed by atoms with van der Waals surface area (Å²) in [6.07, 6.45) is 0. The number of benzene rings is 2. The van der Waals surface area contributed by atoms with Crippen LogP contribution in [0.2, 0.25) is 0 Å². The molecule has 1 fully saturated rings. The Bertz CT molecular complexity index is 931. The summed E-state index contributed by atoms with van der Waals surface area (Å²) in [5.74, 6) is 0.398. The quantitative estimate of drug-likeness (QED) is 0.305. The number of nitrogens with zero attached hydrogens (tertiary/aromatic N) is 3. The zero-order chi connectivity index (χ0) is 22.9. The van der Waals surface area contributed by atoms with Gasteiger partial charge >= 0.3 is 0 Å². The first-order valence-electron chi connectivity index (χ1n) is 10.9. The zero-order valence-corrected chi connectivity index (χ0v) is 21.8. The normalized spacial score (nSPS) is 13.8. The Hall–Kier alpha value is -2.40. The van der Waals surface area contributed by atoms with Crippen molar-refractivity contribution in [2.45, 2.75) is 20.0 Å². The smallest absolute Gasteiger partial charge is 0.253 e. The van der Waals surface area contributed by atoms with Crippen molar-refractivity contribution in [2.75, 3.05) is 51.8 Å². The summed E-state index contributed by atoms with van der Waals surface area (Å²) in [4.78, 5) is 20.2. The van der Waals surface area contributed by atoms with Crippen LogP contribution in [0.4, 0.5) is 10.1 Å². The number of carbonyl (C=O) groups excluding carboxylic acids is 1. The Morgan fingerprint density at radius 1 is 1.09 bits per heavy atom. The van der Waals surface area contributed by atoms with Crippen molar-refractivity contribution >= 4 is 41.5 Å². The average molecular weight is 569 g/mol. The molecule has 1 amide bonds. The van der Waals surface area contributed by atoms with Crippen LogP contribution in [0.1, 0.15) is 28.4 Å². The van der Waals surface area contributed by atoms with Crippen molar-refractivity contribution in [2.24, 2.45) is 4.99 Å². The minimum absolute atomic E-state index is 0. The molecule has 1 saturated heterocycles. The number of amides is 1. The van der Waals surface area contributed by atoms with E-state index in [2.05, 4.69) is 15.6 Å². The van der Waals surface area contributed by atoms with Gasteiger partial charge in [-0.25, -0.2) is 9.38 Å². The summed E-state index contributed by atoms with van der Waals surface area (Å²) in [6, 6.07) is 12.8. The van der Waals surface area contributed by atoms with Crippen LogP contribution in [0.25, 0.3) is 0 Å². The van der Waals surface area contributed by atoms with Crippen molar-refractivity contribution < 1.29 is 13.9 Å². The van der Waals surface area contributed by atoms with Gasteiger partial charge in [0.2, 0.25) is 0 Å². The molecular weight excluding hydrogens is 536 g/mol. The SMILES string of the molecule is CCNC(=NCc1ccc(N2CCOCC2)c(F)c1)NCc1ccc(C(=O)N(C)C)cc1.I. The molecule has 0 unspecified atom stereocenters. The molecule has 0 aliphatic carbocycles. The van der Waals surface area contributed by atoms with Gasteiger partial charge in [-0.05, 0) is 42.3 Å². The van der Waals surface area contributed by atoms with E-state index in [0.717, 1.165) is 11.1 Å². The monoisotopic (exact) mass is 569 g/mol. The predicted octanol–water partition coefficient (Wildman–Crippen LogP) is 3.24. The Balaban J connectivity index is 0.00000385. The minimum atomic E-state index is -0.232. The summed E-state index contributed by atoms with van der Waals surface area (Å²) in [7, 11) is 3.47. The molecule has 0 spiro atoms. The van der Waals surface area contributed by atoms with E-state index in [1.54, 1.807) is 25.1 Å². The van der Waals surface area contributed by atoms with Crippen molar-refractivity contribution in [1.29, 1.82) is 0 Å². The van der Waals surface area contributed by atoms with E-state index in [0.29, 0.717) is 63.1 Å². The summed E-state index contributed by atoms with van der Waals surface area (Å²) in [5, 5.41) is 6.49. The lowest BCUT2D eigenvalue weighted by Crippen LogP contribution is -2.37. The van der Waals surface area contributed by atoms with Crippen LogP contribution in [0.15, 0.2) is 47.5 Å². The number of halogens is 2. The first-order valence-corrected chi connectivity index (χ1v) is 10.9. The van der Waals surface area contributed by atoms with Crippen molar-refractivity contribution in [1.82, 2.24) is 15.5 Å². The topological polar surface area (TPSA) is 69.2 Å². The highest BCUT2D eigenvalue weighted by molar-refractivity contribution is 14.0. The lowest BCUT2D eigenvalue weighted by atomic mass is 10.1. The number of carbonyl (C=O) groups is 1. The predicted molar refractivity (Wildman–Crippen MR) is 141 cm³/mol. The summed E-state index contributed by atoms with van der Waals surface area (Å²) < 4.78 is 20.0. The molecule has 2 aromatic rings. The van der Waals surface area contributed by atoms with E-state index in [1.807, 2.05) is 48.2 Å². The van der Waals surface area contributed by atoms with Gasteiger partial charge in [0.25, 0.3) is 5.91 Å². The maximum atomic E-state index is 14.6. The zero-order valence-electron chi connectivity index (χ0n) is 19.4. The number of ether oxygens (including phenoxy) is 1. The molecule has 1 heterocycles. The Kier molecular flexibility index (Phi) is 10.9. The van der Waals surface area contributed by atoms with Gasteiger partial charge in [-0.1, -0.05) is 18.2 Å². The first-order chi connectivity index (χ1) is 15.5. The summed E-state index contributed by atoms with van der Waals surface area (Å²) in [6.45, 7) is 6.29. The maximum Gasteiger partial charge on any atom is 0.253 e. The number of aliphatic imine (C=N–C) groups is 1. The van der Waals surface area contributed by atoms with Crippen molar-refractivity contribution in [3.63, 3.8) is 0 Å². The Morgan fingerprint density at radius 3 is 2.36 bits per heavy atom. The summed E-state index contributed by atoms with van der Waals surface area (Å²) >= 11 is 0. The molecule has 2 N–H and O–H groups in total. The first kappa shape index (κ1) is 26.8. The van der Waals surface area contributed by atoms with Gasteiger partial charge in [-0.3, -0.25) is 4.79 Å². The molecule has 0 atom stereocenters. The fourth-order valence-electron chi connectivity index (χ4n) is 3.43. The minimum Gasteiger partial charge on any atom is -0.378 e. The van der Waals surface area contributed by atoms with Crippen LogP contribution in [0, 0.1) is 5.82 Å². The standard InChI is InChI=1S/C24H32FN5O2.HI/c1-4-26-24(27-16-18-5-8-20(9-6-18)23(31)29(2)3)28-17-19-7-10-22(21(25)15-19)30-11-13-32-14-12-30;/h5-10,15H,4,11-14,16-17H2,1-3H3,(H2,26,27,28);1H. The molecule has 2 aromatic carbocycles. The number of rotatable bonds is 7. The molecule has 180 valence electrons. The Morgan fingerprint density at radius 2 is 1.76 bits per heavy atom. The van der Waals surface area contributed by atoms with E-state index < -0.39 is 0 Å². The molecule has 1 aliphatic heterocycles. The van der Waals surface area contributed by atoms with Crippen LogP contribution >= 0.6 is 24.0 Å². The lowest BCUT2D eigenvalue weighted by Gasteiger charge is -2.29. The number of hydrogen-bond donors (Lipinski definition) is 2. The van der Waals surface area contributed by atoms with Crippen LogP contribution < -0.4 is 15.5 Å². The van der Waals surface area contributed by atoms with Gasteiger partial charge in [0.05, 0.1) is 25.4 Å². The van der Waals surface area contributed by atoms with E-state index in [9.17, 15) is 9.18 Å². The third-order valence-corrected chi connectivity index (χ3v) is 5.19. The molecule has 0 saturated carbocycles. The fraction of sp³-hybridized carbons (Fsp3) is 0.417. The second-order valence-electron chi connectivity index (χ2n) is 7.83. The van der Waals surface area contributed by atoms with Gasteiger partial charge < -0.3 is 25.2 Å². The van der Waals surface area contributed by atoms with Gasteiger partial charge in [0.1, 0.15) is 5.82 Å². The van der Waals surface area contributed by atoms with E-state index in [-0.39, 0.29) is 35.7 Å². The molecule has 7 nitrogen and oxygen atoms in total. The van der Waals surface area contributed by atoms with E-state index >= 15 is 0 Å².